The molecule has 1 aromatic carbocycles. The second-order valence-corrected chi connectivity index (χ2v) is 3.88. The molecule has 82 valence electrons. The summed E-state index contributed by atoms with van der Waals surface area (Å²) in [6.07, 6.45) is 6.52. The third-order valence-electron chi connectivity index (χ3n) is 2.12. The van der Waals surface area contributed by atoms with Crippen molar-refractivity contribution in [2.45, 2.75) is 25.7 Å². The molecular weight excluding hydrogens is 208 g/mol. The van der Waals surface area contributed by atoms with Crippen molar-refractivity contribution in [3.63, 3.8) is 0 Å². The van der Waals surface area contributed by atoms with Gasteiger partial charge in [-0.15, -0.1) is 6.58 Å². The Balaban J connectivity index is 2.12. The van der Waals surface area contributed by atoms with Crippen LogP contribution in [0.1, 0.15) is 25.7 Å². The molecule has 0 amide bonds. The van der Waals surface area contributed by atoms with Crippen LogP contribution >= 0.6 is 11.6 Å². The Morgan fingerprint density at radius 1 is 1.27 bits per heavy atom. The van der Waals surface area contributed by atoms with Crippen molar-refractivity contribution < 1.29 is 4.74 Å². The zero-order chi connectivity index (χ0) is 10.9. The van der Waals surface area contributed by atoms with Crippen LogP contribution in [-0.4, -0.2) is 6.61 Å². The van der Waals surface area contributed by atoms with Crippen LogP contribution in [0, 0.1) is 0 Å². The number of allylic oxidation sites excluding steroid dienone is 1. The third-order valence-corrected chi connectivity index (χ3v) is 2.35. The van der Waals surface area contributed by atoms with Crippen molar-refractivity contribution in [2.24, 2.45) is 0 Å². The summed E-state index contributed by atoms with van der Waals surface area (Å²) in [4.78, 5) is 0. The number of hydrogen-bond acceptors (Lipinski definition) is 1. The normalized spacial score (nSPS) is 9.93. The van der Waals surface area contributed by atoms with Gasteiger partial charge in [-0.05, 0) is 43.9 Å². The maximum Gasteiger partial charge on any atom is 0.120 e. The molecule has 0 saturated carbocycles. The highest BCUT2D eigenvalue weighted by Crippen LogP contribution is 2.17. The first kappa shape index (κ1) is 12.1. The van der Waals surface area contributed by atoms with Gasteiger partial charge in [-0.25, -0.2) is 0 Å². The highest BCUT2D eigenvalue weighted by molar-refractivity contribution is 6.30. The van der Waals surface area contributed by atoms with Gasteiger partial charge in [0, 0.05) is 5.02 Å². The molecule has 0 aliphatic heterocycles. The molecule has 15 heavy (non-hydrogen) atoms. The predicted octanol–water partition coefficient (Wildman–Crippen LogP) is 4.47. The summed E-state index contributed by atoms with van der Waals surface area (Å²) in [5.41, 5.74) is 0. The number of unbranched alkanes of at least 4 members (excludes halogenated alkanes) is 3. The molecule has 0 aromatic heterocycles. The fourth-order valence-corrected chi connectivity index (χ4v) is 1.49. The van der Waals surface area contributed by atoms with Crippen LogP contribution in [0.4, 0.5) is 0 Å². The summed E-state index contributed by atoms with van der Waals surface area (Å²) < 4.78 is 5.56. The topological polar surface area (TPSA) is 9.23 Å². The quantitative estimate of drug-likeness (QED) is 0.491. The zero-order valence-corrected chi connectivity index (χ0v) is 9.67. The maximum absolute atomic E-state index is 5.84. The van der Waals surface area contributed by atoms with Gasteiger partial charge >= 0.3 is 0 Å². The Labute approximate surface area is 96.7 Å². The molecular formula is C13H17ClO. The van der Waals surface area contributed by atoms with Gasteiger partial charge in [-0.3, -0.25) is 0 Å². The van der Waals surface area contributed by atoms with E-state index in [0.717, 1.165) is 30.2 Å². The second kappa shape index (κ2) is 7.36. The van der Waals surface area contributed by atoms with E-state index < -0.39 is 0 Å². The third kappa shape index (κ3) is 5.48. The molecule has 0 aliphatic carbocycles. The zero-order valence-electron chi connectivity index (χ0n) is 8.92. The van der Waals surface area contributed by atoms with E-state index in [-0.39, 0.29) is 0 Å². The second-order valence-electron chi connectivity index (χ2n) is 3.44. The molecule has 0 fully saturated rings. The smallest absolute Gasteiger partial charge is 0.120 e. The summed E-state index contributed by atoms with van der Waals surface area (Å²) >= 11 is 5.84. The molecule has 0 atom stereocenters. The molecule has 0 unspecified atom stereocenters. The van der Waals surface area contributed by atoms with Gasteiger partial charge in [0.25, 0.3) is 0 Å². The van der Waals surface area contributed by atoms with Gasteiger partial charge in [0.15, 0.2) is 0 Å². The number of halogens is 1. The Bertz CT molecular complexity index is 296. The largest absolute Gasteiger partial charge is 0.494 e. The van der Waals surface area contributed by atoms with Crippen molar-refractivity contribution in [2.75, 3.05) is 6.61 Å². The van der Waals surface area contributed by atoms with E-state index in [9.17, 15) is 0 Å². The molecule has 0 spiro atoms. The van der Waals surface area contributed by atoms with E-state index in [1.807, 2.05) is 30.3 Å². The fraction of sp³-hybridized carbons (Fsp3) is 0.385. The Hall–Kier alpha value is -0.950. The lowest BCUT2D eigenvalue weighted by Crippen LogP contribution is -1.96. The van der Waals surface area contributed by atoms with E-state index >= 15 is 0 Å². The summed E-state index contributed by atoms with van der Waals surface area (Å²) in [7, 11) is 0. The molecule has 2 heteroatoms. The van der Waals surface area contributed by atoms with Gasteiger partial charge in [0.1, 0.15) is 5.75 Å². The van der Waals surface area contributed by atoms with Crippen LogP contribution in [0.3, 0.4) is 0 Å². The van der Waals surface area contributed by atoms with Crippen LogP contribution in [0.25, 0.3) is 0 Å². The van der Waals surface area contributed by atoms with Gasteiger partial charge < -0.3 is 4.74 Å². The molecule has 1 nitrogen and oxygen atoms in total. The number of hydrogen-bond donors (Lipinski definition) is 0. The van der Waals surface area contributed by atoms with Gasteiger partial charge in [-0.1, -0.05) is 23.7 Å². The lowest BCUT2D eigenvalue weighted by Gasteiger charge is -2.05. The van der Waals surface area contributed by atoms with Gasteiger partial charge in [-0.2, -0.15) is 0 Å². The number of benzene rings is 1. The fourth-order valence-electron chi connectivity index (χ4n) is 1.31. The van der Waals surface area contributed by atoms with Crippen LogP contribution in [0.15, 0.2) is 36.9 Å². The minimum atomic E-state index is 0.721. The Morgan fingerprint density at radius 3 is 2.87 bits per heavy atom. The van der Waals surface area contributed by atoms with Crippen molar-refractivity contribution >= 4 is 11.6 Å². The first-order valence-electron chi connectivity index (χ1n) is 5.32. The predicted molar refractivity (Wildman–Crippen MR) is 65.6 cm³/mol. The summed E-state index contributed by atoms with van der Waals surface area (Å²) in [5, 5.41) is 0.721. The summed E-state index contributed by atoms with van der Waals surface area (Å²) in [6.45, 7) is 4.45. The first-order valence-corrected chi connectivity index (χ1v) is 5.70. The Kier molecular flexibility index (Phi) is 5.94. The standard InChI is InChI=1S/C13H17ClO/c1-2-3-4-5-6-10-15-13-9-7-8-12(14)11-13/h2,7-9,11H,1,3-6,10H2. The van der Waals surface area contributed by atoms with Crippen molar-refractivity contribution in [3.05, 3.63) is 41.9 Å². The minimum absolute atomic E-state index is 0.721. The van der Waals surface area contributed by atoms with Crippen molar-refractivity contribution in [1.82, 2.24) is 0 Å². The average Bonchev–Trinajstić information content (AvgIpc) is 2.23. The monoisotopic (exact) mass is 224 g/mol. The minimum Gasteiger partial charge on any atom is -0.494 e. The van der Waals surface area contributed by atoms with Crippen LogP contribution < -0.4 is 4.74 Å². The molecule has 0 aliphatic rings. The van der Waals surface area contributed by atoms with Crippen LogP contribution in [0.5, 0.6) is 5.75 Å². The van der Waals surface area contributed by atoms with E-state index in [2.05, 4.69) is 6.58 Å². The maximum atomic E-state index is 5.84. The number of rotatable bonds is 7. The lowest BCUT2D eigenvalue weighted by atomic mass is 10.2. The van der Waals surface area contributed by atoms with Crippen LogP contribution in [0.2, 0.25) is 5.02 Å². The molecule has 0 saturated heterocycles. The van der Waals surface area contributed by atoms with E-state index in [1.54, 1.807) is 0 Å². The SMILES string of the molecule is C=CCCCCCOc1cccc(Cl)c1. The first-order chi connectivity index (χ1) is 7.33. The van der Waals surface area contributed by atoms with Gasteiger partial charge in [0.05, 0.1) is 6.61 Å². The van der Waals surface area contributed by atoms with E-state index in [0.29, 0.717) is 0 Å². The van der Waals surface area contributed by atoms with Gasteiger partial charge in [0.2, 0.25) is 0 Å². The molecule has 0 heterocycles. The highest BCUT2D eigenvalue weighted by atomic mass is 35.5. The molecule has 0 bridgehead atoms. The molecule has 0 radical (unpaired) electrons. The van der Waals surface area contributed by atoms with Crippen molar-refractivity contribution in [3.8, 4) is 5.75 Å². The number of ether oxygens (including phenoxy) is 1. The Morgan fingerprint density at radius 2 is 2.13 bits per heavy atom. The lowest BCUT2D eigenvalue weighted by molar-refractivity contribution is 0.305. The summed E-state index contributed by atoms with van der Waals surface area (Å²) in [5.74, 6) is 0.853. The van der Waals surface area contributed by atoms with Crippen molar-refractivity contribution in [1.29, 1.82) is 0 Å². The summed E-state index contributed by atoms with van der Waals surface area (Å²) in [6, 6.07) is 7.51. The highest BCUT2D eigenvalue weighted by Gasteiger charge is 1.94. The van der Waals surface area contributed by atoms with Crippen LogP contribution in [-0.2, 0) is 0 Å². The van der Waals surface area contributed by atoms with E-state index in [1.165, 1.54) is 12.8 Å². The molecule has 0 N–H and O–H groups in total. The molecule has 1 aromatic rings. The van der Waals surface area contributed by atoms with E-state index in [4.69, 9.17) is 16.3 Å². The average molecular weight is 225 g/mol. The molecule has 1 rings (SSSR count).